The van der Waals surface area contributed by atoms with Crippen LogP contribution >= 0.6 is 11.8 Å². The molecule has 0 spiro atoms. The highest BCUT2D eigenvalue weighted by molar-refractivity contribution is 7.99. The highest BCUT2D eigenvalue weighted by atomic mass is 32.2. The monoisotopic (exact) mass is 434 g/mol. The third-order valence-corrected chi connectivity index (χ3v) is 6.01. The summed E-state index contributed by atoms with van der Waals surface area (Å²) in [5.74, 6) is 1.02. The fourth-order valence-electron chi connectivity index (χ4n) is 3.26. The first kappa shape index (κ1) is 22.8. The minimum Gasteiger partial charge on any atom is -0.349 e. The molecule has 3 aromatic rings. The zero-order chi connectivity index (χ0) is 22.4. The highest BCUT2D eigenvalue weighted by Crippen LogP contribution is 2.28. The number of nitrogens with one attached hydrogen (secondary N) is 1. The Hall–Kier alpha value is -2.86. The van der Waals surface area contributed by atoms with Gasteiger partial charge in [-0.05, 0) is 23.5 Å². The lowest BCUT2D eigenvalue weighted by atomic mass is 9.87. The van der Waals surface area contributed by atoms with Gasteiger partial charge in [-0.1, -0.05) is 93.2 Å². The van der Waals surface area contributed by atoms with Crippen LogP contribution in [0, 0.1) is 0 Å². The third-order valence-electron chi connectivity index (χ3n) is 5.05. The molecule has 1 heterocycles. The van der Waals surface area contributed by atoms with Crippen molar-refractivity contribution in [2.24, 2.45) is 0 Å². The van der Waals surface area contributed by atoms with Crippen molar-refractivity contribution in [3.63, 3.8) is 0 Å². The van der Waals surface area contributed by atoms with Gasteiger partial charge in [0, 0.05) is 12.1 Å². The maximum Gasteiger partial charge on any atom is 0.230 e. The number of benzene rings is 2. The molecule has 0 saturated carbocycles. The topological polar surface area (TPSA) is 59.8 Å². The van der Waals surface area contributed by atoms with Gasteiger partial charge >= 0.3 is 0 Å². The molecule has 1 unspecified atom stereocenters. The molecule has 0 radical (unpaired) electrons. The lowest BCUT2D eigenvalue weighted by molar-refractivity contribution is -0.119. The minimum absolute atomic E-state index is 0.0365. The number of nitrogens with zero attached hydrogens (tertiary/aromatic N) is 3. The van der Waals surface area contributed by atoms with Crippen molar-refractivity contribution in [1.29, 1.82) is 0 Å². The van der Waals surface area contributed by atoms with E-state index in [0.717, 1.165) is 17.0 Å². The van der Waals surface area contributed by atoms with Gasteiger partial charge < -0.3 is 5.32 Å². The minimum atomic E-state index is -0.0442. The van der Waals surface area contributed by atoms with E-state index in [1.807, 2.05) is 47.9 Å². The van der Waals surface area contributed by atoms with Crippen LogP contribution in [-0.4, -0.2) is 26.4 Å². The molecule has 2 aromatic carbocycles. The van der Waals surface area contributed by atoms with E-state index in [1.54, 1.807) is 0 Å². The maximum atomic E-state index is 12.5. The van der Waals surface area contributed by atoms with Gasteiger partial charge in [-0.15, -0.1) is 16.8 Å². The normalized spacial score (nSPS) is 12.4. The van der Waals surface area contributed by atoms with Crippen molar-refractivity contribution in [2.75, 3.05) is 5.75 Å². The summed E-state index contributed by atoms with van der Waals surface area (Å²) in [4.78, 5) is 12.5. The van der Waals surface area contributed by atoms with Crippen molar-refractivity contribution in [3.05, 3.63) is 78.4 Å². The van der Waals surface area contributed by atoms with E-state index in [0.29, 0.717) is 11.7 Å². The number of hydrogen-bond acceptors (Lipinski definition) is 4. The molecular formula is C25H30N4OS. The van der Waals surface area contributed by atoms with Crippen LogP contribution < -0.4 is 5.32 Å². The molecule has 0 saturated heterocycles. The van der Waals surface area contributed by atoms with E-state index in [4.69, 9.17) is 0 Å². The molecule has 0 fully saturated rings. The average molecular weight is 435 g/mol. The number of carbonyl (C=O) groups is 1. The Morgan fingerprint density at radius 1 is 1.13 bits per heavy atom. The van der Waals surface area contributed by atoms with Gasteiger partial charge in [0.05, 0.1) is 11.8 Å². The molecule has 3 rings (SSSR count). The van der Waals surface area contributed by atoms with E-state index < -0.39 is 0 Å². The Bertz CT molecular complexity index is 1020. The standard InChI is InChI=1S/C25H30N4OS/c1-6-16-29-23(20-12-14-21(15-13-20)25(3,4)5)27-28-24(29)31-17-22(30)26-18(2)19-10-8-7-9-11-19/h6-15,18H,1,16-17H2,2-5H3,(H,26,30). The maximum absolute atomic E-state index is 12.5. The van der Waals surface area contributed by atoms with Crippen molar-refractivity contribution >= 4 is 17.7 Å². The SMILES string of the molecule is C=CCn1c(SCC(=O)NC(C)c2ccccc2)nnc1-c1ccc(C(C)(C)C)cc1. The lowest BCUT2D eigenvalue weighted by Gasteiger charge is -2.19. The summed E-state index contributed by atoms with van der Waals surface area (Å²) >= 11 is 1.38. The van der Waals surface area contributed by atoms with Crippen LogP contribution in [0.25, 0.3) is 11.4 Å². The number of aromatic nitrogens is 3. The molecule has 6 heteroatoms. The molecule has 0 bridgehead atoms. The fraction of sp³-hybridized carbons (Fsp3) is 0.320. The van der Waals surface area contributed by atoms with Gasteiger partial charge in [0.15, 0.2) is 11.0 Å². The molecule has 0 aliphatic carbocycles. The zero-order valence-corrected chi connectivity index (χ0v) is 19.4. The van der Waals surface area contributed by atoms with Crippen LogP contribution in [0.15, 0.2) is 72.4 Å². The van der Waals surface area contributed by atoms with Crippen LogP contribution in [0.1, 0.15) is 44.9 Å². The van der Waals surface area contributed by atoms with Crippen LogP contribution in [-0.2, 0) is 16.8 Å². The van der Waals surface area contributed by atoms with Crippen molar-refractivity contribution < 1.29 is 4.79 Å². The first-order valence-corrected chi connectivity index (χ1v) is 11.4. The summed E-state index contributed by atoms with van der Waals surface area (Å²) in [7, 11) is 0. The smallest absolute Gasteiger partial charge is 0.230 e. The number of thioether (sulfide) groups is 1. The van der Waals surface area contributed by atoms with Crippen molar-refractivity contribution in [3.8, 4) is 11.4 Å². The lowest BCUT2D eigenvalue weighted by Crippen LogP contribution is -2.28. The molecule has 1 N–H and O–H groups in total. The third kappa shape index (κ3) is 5.85. The Balaban J connectivity index is 1.70. The van der Waals surface area contributed by atoms with Gasteiger partial charge in [-0.2, -0.15) is 0 Å². The summed E-state index contributed by atoms with van der Waals surface area (Å²) in [6.07, 6.45) is 1.82. The van der Waals surface area contributed by atoms with Crippen molar-refractivity contribution in [2.45, 2.75) is 50.9 Å². The average Bonchev–Trinajstić information content (AvgIpc) is 3.15. The van der Waals surface area contributed by atoms with E-state index in [2.05, 4.69) is 67.1 Å². The number of amides is 1. The Morgan fingerprint density at radius 3 is 2.42 bits per heavy atom. The molecule has 0 aliphatic heterocycles. The Labute approximate surface area is 189 Å². The first-order valence-electron chi connectivity index (χ1n) is 10.4. The van der Waals surface area contributed by atoms with E-state index in [9.17, 15) is 4.79 Å². The van der Waals surface area contributed by atoms with Crippen LogP contribution in [0.2, 0.25) is 0 Å². The second-order valence-corrected chi connectivity index (χ2v) is 9.46. The largest absolute Gasteiger partial charge is 0.349 e. The summed E-state index contributed by atoms with van der Waals surface area (Å²) in [6, 6.07) is 18.3. The van der Waals surface area contributed by atoms with Crippen LogP contribution in [0.5, 0.6) is 0 Å². The zero-order valence-electron chi connectivity index (χ0n) is 18.6. The van der Waals surface area contributed by atoms with Gasteiger partial charge in [0.2, 0.25) is 5.91 Å². The van der Waals surface area contributed by atoms with Gasteiger partial charge in [-0.3, -0.25) is 9.36 Å². The van der Waals surface area contributed by atoms with Gasteiger partial charge in [-0.25, -0.2) is 0 Å². The van der Waals surface area contributed by atoms with Crippen LogP contribution in [0.4, 0.5) is 0 Å². The Kier molecular flexibility index (Phi) is 7.33. The van der Waals surface area contributed by atoms with E-state index in [1.165, 1.54) is 17.3 Å². The summed E-state index contributed by atoms with van der Waals surface area (Å²) in [5, 5.41) is 12.5. The molecule has 31 heavy (non-hydrogen) atoms. The van der Waals surface area contributed by atoms with E-state index >= 15 is 0 Å². The predicted octanol–water partition coefficient (Wildman–Crippen LogP) is 5.40. The van der Waals surface area contributed by atoms with E-state index in [-0.39, 0.29) is 23.1 Å². The molecular weight excluding hydrogens is 404 g/mol. The van der Waals surface area contributed by atoms with Gasteiger partial charge in [0.1, 0.15) is 0 Å². The van der Waals surface area contributed by atoms with Gasteiger partial charge in [0.25, 0.3) is 0 Å². The number of allylic oxidation sites excluding steroid dienone is 1. The number of rotatable bonds is 8. The summed E-state index contributed by atoms with van der Waals surface area (Å²) in [6.45, 7) is 13.0. The van der Waals surface area contributed by atoms with Crippen LogP contribution in [0.3, 0.4) is 0 Å². The number of carbonyl (C=O) groups excluding carboxylic acids is 1. The Morgan fingerprint density at radius 2 is 1.81 bits per heavy atom. The molecule has 162 valence electrons. The molecule has 1 amide bonds. The molecule has 1 atom stereocenters. The molecule has 1 aromatic heterocycles. The first-order chi connectivity index (χ1) is 14.8. The quantitative estimate of drug-likeness (QED) is 0.381. The predicted molar refractivity (Wildman–Crippen MR) is 128 cm³/mol. The molecule has 5 nitrogen and oxygen atoms in total. The highest BCUT2D eigenvalue weighted by Gasteiger charge is 2.18. The van der Waals surface area contributed by atoms with Crippen molar-refractivity contribution in [1.82, 2.24) is 20.1 Å². The summed E-state index contributed by atoms with van der Waals surface area (Å²) in [5.41, 5.74) is 3.44. The molecule has 0 aliphatic rings. The summed E-state index contributed by atoms with van der Waals surface area (Å²) < 4.78 is 2.00. The second-order valence-electron chi connectivity index (χ2n) is 8.52. The fourth-order valence-corrected chi connectivity index (χ4v) is 4.02. The number of hydrogen-bond donors (Lipinski definition) is 1. The second kappa shape index (κ2) is 9.96.